The molecule has 0 aliphatic rings. The molecule has 80 valence electrons. The van der Waals surface area contributed by atoms with Crippen LogP contribution in [0.1, 0.15) is 18.5 Å². The van der Waals surface area contributed by atoms with Crippen LogP contribution in [0.15, 0.2) is 12.3 Å². The van der Waals surface area contributed by atoms with Crippen molar-refractivity contribution in [2.75, 3.05) is 13.7 Å². The van der Waals surface area contributed by atoms with E-state index in [0.29, 0.717) is 13.0 Å². The third-order valence-electron chi connectivity index (χ3n) is 2.10. The predicted molar refractivity (Wildman–Crippen MR) is 54.0 cm³/mol. The van der Waals surface area contributed by atoms with Crippen LogP contribution in [0.3, 0.4) is 0 Å². The molecule has 0 saturated carbocycles. The van der Waals surface area contributed by atoms with Gasteiger partial charge in [0.05, 0.1) is 11.8 Å². The van der Waals surface area contributed by atoms with Crippen LogP contribution in [0.4, 0.5) is 0 Å². The maximum Gasteiger partial charge on any atom is 0.0650 e. The molecule has 0 spiro atoms. The number of hydrogen-bond donors (Lipinski definition) is 1. The summed E-state index contributed by atoms with van der Waals surface area (Å²) in [5.41, 5.74) is 0.942. The summed E-state index contributed by atoms with van der Waals surface area (Å²) in [5.74, 6) is 0. The van der Waals surface area contributed by atoms with Gasteiger partial charge >= 0.3 is 0 Å². The highest BCUT2D eigenvalue weighted by molar-refractivity contribution is 4.99. The molecule has 0 aromatic carbocycles. The van der Waals surface area contributed by atoms with Gasteiger partial charge in [0.2, 0.25) is 0 Å². The summed E-state index contributed by atoms with van der Waals surface area (Å²) < 4.78 is 6.66. The summed E-state index contributed by atoms with van der Waals surface area (Å²) in [6, 6.07) is 1.93. The summed E-state index contributed by atoms with van der Waals surface area (Å²) in [5, 5.41) is 13.8. The van der Waals surface area contributed by atoms with Gasteiger partial charge in [-0.05, 0) is 18.9 Å². The maximum absolute atomic E-state index is 9.63. The molecular weight excluding hydrogens is 180 g/mol. The first-order chi connectivity index (χ1) is 6.72. The first-order valence-electron chi connectivity index (χ1n) is 4.88. The van der Waals surface area contributed by atoms with Crippen molar-refractivity contribution < 1.29 is 9.84 Å². The molecule has 0 bridgehead atoms. The fourth-order valence-corrected chi connectivity index (χ4v) is 1.38. The largest absolute Gasteiger partial charge is 0.393 e. The molecule has 1 heterocycles. The maximum atomic E-state index is 9.63. The Morgan fingerprint density at radius 2 is 2.43 bits per heavy atom. The fourth-order valence-electron chi connectivity index (χ4n) is 1.38. The lowest BCUT2D eigenvalue weighted by Crippen LogP contribution is -2.12. The third kappa shape index (κ3) is 3.89. The summed E-state index contributed by atoms with van der Waals surface area (Å²) >= 11 is 0. The van der Waals surface area contributed by atoms with Crippen molar-refractivity contribution >= 4 is 0 Å². The Labute approximate surface area is 84.5 Å². The number of ether oxygens (including phenoxy) is 1. The SMILES string of the molecule is COCCCC(O)Cc1ccn(C)n1. The monoisotopic (exact) mass is 198 g/mol. The summed E-state index contributed by atoms with van der Waals surface area (Å²) in [7, 11) is 3.55. The van der Waals surface area contributed by atoms with Gasteiger partial charge in [0.15, 0.2) is 0 Å². The van der Waals surface area contributed by atoms with E-state index in [1.54, 1.807) is 11.8 Å². The third-order valence-corrected chi connectivity index (χ3v) is 2.10. The standard InChI is InChI=1S/C10H18N2O2/c1-12-6-5-9(11-12)8-10(13)4-3-7-14-2/h5-6,10,13H,3-4,7-8H2,1-2H3. The Kier molecular flexibility index (Phi) is 4.62. The number of aliphatic hydroxyl groups is 1. The molecule has 1 rings (SSSR count). The Morgan fingerprint density at radius 3 is 3.00 bits per heavy atom. The number of aliphatic hydroxyl groups excluding tert-OH is 1. The molecule has 1 N–H and O–H groups in total. The molecule has 0 aliphatic heterocycles. The second-order valence-corrected chi connectivity index (χ2v) is 3.47. The average Bonchev–Trinajstić information content (AvgIpc) is 2.52. The highest BCUT2D eigenvalue weighted by Crippen LogP contribution is 2.05. The van der Waals surface area contributed by atoms with Crippen LogP contribution in [-0.2, 0) is 18.2 Å². The molecule has 1 atom stereocenters. The summed E-state index contributed by atoms with van der Waals surface area (Å²) in [6.45, 7) is 0.708. The Bertz CT molecular complexity index is 260. The zero-order chi connectivity index (χ0) is 10.4. The van der Waals surface area contributed by atoms with Gasteiger partial charge in [-0.2, -0.15) is 5.10 Å². The van der Waals surface area contributed by atoms with Crippen LogP contribution in [0, 0.1) is 0 Å². The molecule has 1 unspecified atom stereocenters. The van der Waals surface area contributed by atoms with Gasteiger partial charge in [-0.25, -0.2) is 0 Å². The van der Waals surface area contributed by atoms with Gasteiger partial charge in [-0.15, -0.1) is 0 Å². The lowest BCUT2D eigenvalue weighted by atomic mass is 10.1. The minimum absolute atomic E-state index is 0.306. The van der Waals surface area contributed by atoms with Crippen LogP contribution in [0.5, 0.6) is 0 Å². The molecule has 1 aromatic rings. The molecule has 14 heavy (non-hydrogen) atoms. The van der Waals surface area contributed by atoms with Gasteiger partial charge in [-0.3, -0.25) is 4.68 Å². The van der Waals surface area contributed by atoms with Crippen LogP contribution in [-0.4, -0.2) is 34.7 Å². The van der Waals surface area contributed by atoms with E-state index in [0.717, 1.165) is 18.5 Å². The van der Waals surface area contributed by atoms with Crippen LogP contribution < -0.4 is 0 Å². The van der Waals surface area contributed by atoms with Crippen LogP contribution >= 0.6 is 0 Å². The first kappa shape index (κ1) is 11.2. The predicted octanol–water partition coefficient (Wildman–Crippen LogP) is 0.750. The quantitative estimate of drug-likeness (QED) is 0.686. The summed E-state index contributed by atoms with van der Waals surface area (Å²) in [4.78, 5) is 0. The van der Waals surface area contributed by atoms with E-state index in [1.807, 2.05) is 19.3 Å². The number of rotatable bonds is 6. The van der Waals surface area contributed by atoms with Gasteiger partial charge in [0, 0.05) is 33.4 Å². The van der Waals surface area contributed by atoms with Gasteiger partial charge < -0.3 is 9.84 Å². The van der Waals surface area contributed by atoms with E-state index in [2.05, 4.69) is 5.10 Å². The number of nitrogens with zero attached hydrogens (tertiary/aromatic N) is 2. The highest BCUT2D eigenvalue weighted by Gasteiger charge is 2.06. The fraction of sp³-hybridized carbons (Fsp3) is 0.700. The van der Waals surface area contributed by atoms with Crippen LogP contribution in [0.25, 0.3) is 0 Å². The summed E-state index contributed by atoms with van der Waals surface area (Å²) in [6.07, 6.45) is 3.87. The highest BCUT2D eigenvalue weighted by atomic mass is 16.5. The molecule has 4 heteroatoms. The number of methoxy groups -OCH3 is 1. The van der Waals surface area contributed by atoms with Gasteiger partial charge in [-0.1, -0.05) is 0 Å². The van der Waals surface area contributed by atoms with Crippen LogP contribution in [0.2, 0.25) is 0 Å². The van der Waals surface area contributed by atoms with E-state index in [-0.39, 0.29) is 6.10 Å². The molecule has 4 nitrogen and oxygen atoms in total. The smallest absolute Gasteiger partial charge is 0.0650 e. The second kappa shape index (κ2) is 5.78. The van der Waals surface area contributed by atoms with Crippen molar-refractivity contribution in [1.82, 2.24) is 9.78 Å². The zero-order valence-electron chi connectivity index (χ0n) is 8.81. The van der Waals surface area contributed by atoms with Crippen molar-refractivity contribution in [2.24, 2.45) is 7.05 Å². The Balaban J connectivity index is 2.23. The number of aryl methyl sites for hydroxylation is 1. The lowest BCUT2D eigenvalue weighted by Gasteiger charge is -2.07. The minimum Gasteiger partial charge on any atom is -0.393 e. The van der Waals surface area contributed by atoms with Gasteiger partial charge in [0.1, 0.15) is 0 Å². The molecule has 0 aliphatic carbocycles. The van der Waals surface area contributed by atoms with Crippen molar-refractivity contribution in [1.29, 1.82) is 0 Å². The average molecular weight is 198 g/mol. The Hall–Kier alpha value is -0.870. The normalized spacial score (nSPS) is 13.1. The topological polar surface area (TPSA) is 47.3 Å². The molecular formula is C10H18N2O2. The lowest BCUT2D eigenvalue weighted by molar-refractivity contribution is 0.134. The molecule has 0 radical (unpaired) electrons. The van der Waals surface area contributed by atoms with E-state index >= 15 is 0 Å². The van der Waals surface area contributed by atoms with Crippen molar-refractivity contribution in [3.05, 3.63) is 18.0 Å². The number of hydrogen-bond acceptors (Lipinski definition) is 3. The zero-order valence-corrected chi connectivity index (χ0v) is 8.81. The first-order valence-corrected chi connectivity index (χ1v) is 4.88. The van der Waals surface area contributed by atoms with E-state index in [4.69, 9.17) is 4.74 Å². The van der Waals surface area contributed by atoms with E-state index < -0.39 is 0 Å². The van der Waals surface area contributed by atoms with E-state index in [1.165, 1.54) is 0 Å². The Morgan fingerprint density at radius 1 is 1.64 bits per heavy atom. The second-order valence-electron chi connectivity index (χ2n) is 3.47. The molecule has 0 fully saturated rings. The van der Waals surface area contributed by atoms with Crippen molar-refractivity contribution in [3.63, 3.8) is 0 Å². The van der Waals surface area contributed by atoms with Crippen molar-refractivity contribution in [3.8, 4) is 0 Å². The van der Waals surface area contributed by atoms with Crippen molar-refractivity contribution in [2.45, 2.75) is 25.4 Å². The molecule has 0 amide bonds. The minimum atomic E-state index is -0.306. The molecule has 1 aromatic heterocycles. The van der Waals surface area contributed by atoms with Gasteiger partial charge in [0.25, 0.3) is 0 Å². The molecule has 0 saturated heterocycles. The van der Waals surface area contributed by atoms with E-state index in [9.17, 15) is 5.11 Å². The number of aromatic nitrogens is 2.